The number of hydrogen-bond acceptors (Lipinski definition) is 3. The SMILES string of the molecule is CN1CCCC(c2cccc(C3COCCN3)c2)C1. The van der Waals surface area contributed by atoms with E-state index >= 15 is 0 Å². The number of nitrogens with one attached hydrogen (secondary N) is 1. The first-order valence-corrected chi connectivity index (χ1v) is 7.42. The molecule has 2 unspecified atom stereocenters. The molecule has 0 spiro atoms. The summed E-state index contributed by atoms with van der Waals surface area (Å²) in [5.74, 6) is 0.697. The number of likely N-dealkylation sites (N-methyl/N-ethyl adjacent to an activating group) is 1. The first kappa shape index (κ1) is 13.1. The third-order valence-electron chi connectivity index (χ3n) is 4.33. The maximum atomic E-state index is 5.57. The highest BCUT2D eigenvalue weighted by atomic mass is 16.5. The van der Waals surface area contributed by atoms with E-state index in [1.807, 2.05) is 0 Å². The summed E-state index contributed by atoms with van der Waals surface area (Å²) < 4.78 is 5.57. The summed E-state index contributed by atoms with van der Waals surface area (Å²) in [6.07, 6.45) is 2.64. The van der Waals surface area contributed by atoms with Crippen LogP contribution in [0.1, 0.15) is 35.9 Å². The lowest BCUT2D eigenvalue weighted by Crippen LogP contribution is -2.34. The van der Waals surface area contributed by atoms with Gasteiger partial charge in [0, 0.05) is 13.1 Å². The molecule has 2 aliphatic heterocycles. The van der Waals surface area contributed by atoms with Crippen LogP contribution in [0.5, 0.6) is 0 Å². The topological polar surface area (TPSA) is 24.5 Å². The zero-order chi connectivity index (χ0) is 13.1. The van der Waals surface area contributed by atoms with Crippen molar-refractivity contribution in [1.29, 1.82) is 0 Å². The van der Waals surface area contributed by atoms with Gasteiger partial charge in [0.15, 0.2) is 0 Å². The molecule has 0 bridgehead atoms. The highest BCUT2D eigenvalue weighted by molar-refractivity contribution is 5.29. The van der Waals surface area contributed by atoms with Crippen LogP contribution in [0.2, 0.25) is 0 Å². The van der Waals surface area contributed by atoms with Crippen LogP contribution in [0.15, 0.2) is 24.3 Å². The summed E-state index contributed by atoms with van der Waals surface area (Å²) in [4.78, 5) is 2.45. The molecule has 3 rings (SSSR count). The molecule has 104 valence electrons. The molecule has 1 aromatic carbocycles. The second kappa shape index (κ2) is 6.04. The average Bonchev–Trinajstić information content (AvgIpc) is 2.48. The van der Waals surface area contributed by atoms with Crippen LogP contribution < -0.4 is 5.32 Å². The molecule has 0 aliphatic carbocycles. The number of morpholine rings is 1. The minimum absolute atomic E-state index is 0.370. The van der Waals surface area contributed by atoms with Crippen LogP contribution in [0.4, 0.5) is 0 Å². The van der Waals surface area contributed by atoms with Gasteiger partial charge < -0.3 is 15.0 Å². The van der Waals surface area contributed by atoms with Gasteiger partial charge in [-0.1, -0.05) is 24.3 Å². The Morgan fingerprint density at radius 1 is 1.32 bits per heavy atom. The van der Waals surface area contributed by atoms with E-state index in [1.165, 1.54) is 37.1 Å². The van der Waals surface area contributed by atoms with Crippen LogP contribution in [-0.4, -0.2) is 44.8 Å². The fourth-order valence-corrected chi connectivity index (χ4v) is 3.25. The zero-order valence-corrected chi connectivity index (χ0v) is 11.8. The standard InChI is InChI=1S/C16H24N2O/c1-18-8-3-6-15(11-18)13-4-2-5-14(10-13)16-12-19-9-7-17-16/h2,4-5,10,15-17H,3,6-9,11-12H2,1H3. The molecular weight excluding hydrogens is 236 g/mol. The summed E-state index contributed by atoms with van der Waals surface area (Å²) >= 11 is 0. The van der Waals surface area contributed by atoms with Crippen molar-refractivity contribution in [3.05, 3.63) is 35.4 Å². The number of benzene rings is 1. The number of rotatable bonds is 2. The van der Waals surface area contributed by atoms with Gasteiger partial charge in [0.05, 0.1) is 19.3 Å². The van der Waals surface area contributed by atoms with Crippen molar-refractivity contribution in [3.8, 4) is 0 Å². The summed E-state index contributed by atoms with van der Waals surface area (Å²) in [5, 5.41) is 3.54. The number of likely N-dealkylation sites (tertiary alicyclic amines) is 1. The third-order valence-corrected chi connectivity index (χ3v) is 4.33. The van der Waals surface area contributed by atoms with Gasteiger partial charge >= 0.3 is 0 Å². The van der Waals surface area contributed by atoms with E-state index in [0.29, 0.717) is 12.0 Å². The van der Waals surface area contributed by atoms with Gasteiger partial charge in [-0.3, -0.25) is 0 Å². The van der Waals surface area contributed by atoms with E-state index in [2.05, 4.69) is 41.5 Å². The predicted octanol–water partition coefficient (Wildman–Crippen LogP) is 2.16. The molecule has 0 saturated carbocycles. The lowest BCUT2D eigenvalue weighted by atomic mass is 9.89. The Morgan fingerprint density at radius 2 is 2.21 bits per heavy atom. The Morgan fingerprint density at radius 3 is 3.00 bits per heavy atom. The molecule has 1 N–H and O–H groups in total. The predicted molar refractivity (Wildman–Crippen MR) is 77.5 cm³/mol. The molecule has 2 atom stereocenters. The normalized spacial score (nSPS) is 29.3. The van der Waals surface area contributed by atoms with Crippen LogP contribution in [0.25, 0.3) is 0 Å². The molecule has 3 heteroatoms. The van der Waals surface area contributed by atoms with E-state index in [0.717, 1.165) is 19.8 Å². The fourth-order valence-electron chi connectivity index (χ4n) is 3.25. The van der Waals surface area contributed by atoms with Crippen molar-refractivity contribution in [2.75, 3.05) is 39.9 Å². The van der Waals surface area contributed by atoms with Gasteiger partial charge in [-0.05, 0) is 43.5 Å². The number of nitrogens with zero attached hydrogens (tertiary/aromatic N) is 1. The Hall–Kier alpha value is -0.900. The summed E-state index contributed by atoms with van der Waals surface area (Å²) in [7, 11) is 2.23. The lowest BCUT2D eigenvalue weighted by Gasteiger charge is -2.31. The summed E-state index contributed by atoms with van der Waals surface area (Å²) in [5.41, 5.74) is 2.88. The molecule has 2 aliphatic rings. The molecule has 0 aromatic heterocycles. The fraction of sp³-hybridized carbons (Fsp3) is 0.625. The van der Waals surface area contributed by atoms with Crippen molar-refractivity contribution in [3.63, 3.8) is 0 Å². The Labute approximate surface area is 115 Å². The van der Waals surface area contributed by atoms with E-state index in [9.17, 15) is 0 Å². The number of hydrogen-bond donors (Lipinski definition) is 1. The maximum absolute atomic E-state index is 5.57. The molecule has 2 saturated heterocycles. The first-order chi connectivity index (χ1) is 9.33. The highest BCUT2D eigenvalue weighted by Crippen LogP contribution is 2.28. The molecular formula is C16H24N2O. The minimum Gasteiger partial charge on any atom is -0.378 e. The number of piperidine rings is 1. The van der Waals surface area contributed by atoms with Gasteiger partial charge in [0.1, 0.15) is 0 Å². The number of ether oxygens (including phenoxy) is 1. The second-order valence-electron chi connectivity index (χ2n) is 5.85. The van der Waals surface area contributed by atoms with Gasteiger partial charge in [-0.25, -0.2) is 0 Å². The third kappa shape index (κ3) is 3.16. The monoisotopic (exact) mass is 260 g/mol. The molecule has 0 radical (unpaired) electrons. The van der Waals surface area contributed by atoms with Gasteiger partial charge in [-0.15, -0.1) is 0 Å². The molecule has 0 amide bonds. The molecule has 2 heterocycles. The van der Waals surface area contributed by atoms with Crippen LogP contribution in [-0.2, 0) is 4.74 Å². The average molecular weight is 260 g/mol. The van der Waals surface area contributed by atoms with E-state index in [1.54, 1.807) is 0 Å². The van der Waals surface area contributed by atoms with Crippen molar-refractivity contribution in [2.45, 2.75) is 24.8 Å². The van der Waals surface area contributed by atoms with Crippen LogP contribution in [0, 0.1) is 0 Å². The van der Waals surface area contributed by atoms with Crippen molar-refractivity contribution < 1.29 is 4.74 Å². The van der Waals surface area contributed by atoms with Gasteiger partial charge in [0.2, 0.25) is 0 Å². The van der Waals surface area contributed by atoms with E-state index < -0.39 is 0 Å². The smallest absolute Gasteiger partial charge is 0.0662 e. The van der Waals surface area contributed by atoms with Gasteiger partial charge in [-0.2, -0.15) is 0 Å². The van der Waals surface area contributed by atoms with Crippen molar-refractivity contribution in [2.24, 2.45) is 0 Å². The Kier molecular flexibility index (Phi) is 4.16. The zero-order valence-electron chi connectivity index (χ0n) is 11.8. The molecule has 3 nitrogen and oxygen atoms in total. The summed E-state index contributed by atoms with van der Waals surface area (Å²) in [6, 6.07) is 9.47. The van der Waals surface area contributed by atoms with Gasteiger partial charge in [0.25, 0.3) is 0 Å². The molecule has 2 fully saturated rings. The molecule has 1 aromatic rings. The Balaban J connectivity index is 1.75. The first-order valence-electron chi connectivity index (χ1n) is 7.42. The van der Waals surface area contributed by atoms with Crippen molar-refractivity contribution in [1.82, 2.24) is 10.2 Å². The summed E-state index contributed by atoms with van der Waals surface area (Å²) in [6.45, 7) is 5.03. The lowest BCUT2D eigenvalue weighted by molar-refractivity contribution is 0.0768. The van der Waals surface area contributed by atoms with Crippen LogP contribution in [0.3, 0.4) is 0 Å². The molecule has 19 heavy (non-hydrogen) atoms. The quantitative estimate of drug-likeness (QED) is 0.882. The van der Waals surface area contributed by atoms with Crippen LogP contribution >= 0.6 is 0 Å². The largest absolute Gasteiger partial charge is 0.378 e. The second-order valence-corrected chi connectivity index (χ2v) is 5.85. The van der Waals surface area contributed by atoms with Crippen molar-refractivity contribution >= 4 is 0 Å². The maximum Gasteiger partial charge on any atom is 0.0662 e. The minimum atomic E-state index is 0.370. The van der Waals surface area contributed by atoms with E-state index in [4.69, 9.17) is 4.74 Å². The van der Waals surface area contributed by atoms with E-state index in [-0.39, 0.29) is 0 Å². The Bertz CT molecular complexity index is 415. The highest BCUT2D eigenvalue weighted by Gasteiger charge is 2.21.